The van der Waals surface area contributed by atoms with Crippen molar-refractivity contribution in [3.05, 3.63) is 35.9 Å². The molecule has 0 spiro atoms. The van der Waals surface area contributed by atoms with E-state index in [1.54, 1.807) is 0 Å². The lowest BCUT2D eigenvalue weighted by Gasteiger charge is -2.50. The summed E-state index contributed by atoms with van der Waals surface area (Å²) in [7, 11) is 0. The van der Waals surface area contributed by atoms with Crippen LogP contribution >= 0.6 is 0 Å². The first-order valence-electron chi connectivity index (χ1n) is 9.51. The Morgan fingerprint density at radius 2 is 1.71 bits per heavy atom. The summed E-state index contributed by atoms with van der Waals surface area (Å²) in [4.78, 5) is 19.9. The molecule has 1 aromatic rings. The molecular weight excluding hydrogens is 298 g/mol. The molecule has 2 heterocycles. The quantitative estimate of drug-likeness (QED) is 0.803. The summed E-state index contributed by atoms with van der Waals surface area (Å²) in [5.74, 6) is 0.341. The molecule has 4 heteroatoms. The normalized spacial score (nSPS) is 24.4. The molecule has 2 bridgehead atoms. The molecule has 1 amide bonds. The number of likely N-dealkylation sites (N-methyl/N-ethyl adjacent to an activating group) is 1. The molecule has 2 fully saturated rings. The van der Waals surface area contributed by atoms with E-state index in [4.69, 9.17) is 0 Å². The molecule has 4 nitrogen and oxygen atoms in total. The summed E-state index contributed by atoms with van der Waals surface area (Å²) in [5.41, 5.74) is 1.37. The summed E-state index contributed by atoms with van der Waals surface area (Å²) in [6.07, 6.45) is 3.58. The second-order valence-electron chi connectivity index (χ2n) is 7.18. The number of amides is 1. The van der Waals surface area contributed by atoms with Gasteiger partial charge in [0.2, 0.25) is 5.91 Å². The Labute approximate surface area is 146 Å². The van der Waals surface area contributed by atoms with E-state index in [9.17, 15) is 4.79 Å². The molecule has 0 aromatic heterocycles. The van der Waals surface area contributed by atoms with Crippen molar-refractivity contribution in [3.63, 3.8) is 0 Å². The monoisotopic (exact) mass is 329 g/mol. The van der Waals surface area contributed by atoms with Crippen LogP contribution in [0.3, 0.4) is 0 Å². The van der Waals surface area contributed by atoms with E-state index < -0.39 is 0 Å². The van der Waals surface area contributed by atoms with Crippen LogP contribution in [0, 0.1) is 0 Å². The number of piperazine rings is 1. The van der Waals surface area contributed by atoms with Crippen LogP contribution in [0.25, 0.3) is 0 Å². The summed E-state index contributed by atoms with van der Waals surface area (Å²) >= 11 is 0. The third-order valence-corrected chi connectivity index (χ3v) is 5.59. The Hall–Kier alpha value is -1.39. The number of rotatable bonds is 6. The van der Waals surface area contributed by atoms with Crippen molar-refractivity contribution in [1.29, 1.82) is 0 Å². The van der Waals surface area contributed by atoms with Crippen LogP contribution in [0.5, 0.6) is 0 Å². The van der Waals surface area contributed by atoms with Crippen LogP contribution < -0.4 is 0 Å². The Bertz CT molecular complexity index is 515. The Morgan fingerprint density at radius 1 is 1.08 bits per heavy atom. The van der Waals surface area contributed by atoms with E-state index in [2.05, 4.69) is 58.9 Å². The third kappa shape index (κ3) is 3.98. The van der Waals surface area contributed by atoms with Gasteiger partial charge in [-0.15, -0.1) is 0 Å². The molecule has 2 unspecified atom stereocenters. The number of nitrogens with zero attached hydrogens (tertiary/aromatic N) is 3. The van der Waals surface area contributed by atoms with Gasteiger partial charge in [0, 0.05) is 31.7 Å². The Kier molecular flexibility index (Phi) is 5.90. The van der Waals surface area contributed by atoms with Crippen LogP contribution in [-0.4, -0.2) is 65.4 Å². The maximum Gasteiger partial charge on any atom is 0.237 e. The van der Waals surface area contributed by atoms with Gasteiger partial charge in [0.15, 0.2) is 0 Å². The minimum atomic E-state index is 0.341. The predicted molar refractivity (Wildman–Crippen MR) is 97.8 cm³/mol. The van der Waals surface area contributed by atoms with Crippen molar-refractivity contribution < 1.29 is 4.79 Å². The molecule has 132 valence electrons. The zero-order valence-corrected chi connectivity index (χ0v) is 15.2. The lowest BCUT2D eigenvalue weighted by Crippen LogP contribution is -2.63. The van der Waals surface area contributed by atoms with Crippen LogP contribution in [0.15, 0.2) is 30.3 Å². The maximum absolute atomic E-state index is 12.9. The van der Waals surface area contributed by atoms with Crippen LogP contribution in [-0.2, 0) is 11.3 Å². The lowest BCUT2D eigenvalue weighted by molar-refractivity contribution is -0.144. The first-order valence-corrected chi connectivity index (χ1v) is 9.51. The van der Waals surface area contributed by atoms with Crippen molar-refractivity contribution in [1.82, 2.24) is 14.7 Å². The SMILES string of the molecule is CCN(CC)CC(=O)N1C2CCCC1CN(Cc1ccccc1)C2. The smallest absolute Gasteiger partial charge is 0.237 e. The number of hydrogen-bond donors (Lipinski definition) is 0. The zero-order chi connectivity index (χ0) is 16.9. The van der Waals surface area contributed by atoms with Crippen molar-refractivity contribution in [2.24, 2.45) is 0 Å². The molecule has 0 radical (unpaired) electrons. The van der Waals surface area contributed by atoms with Crippen LogP contribution in [0.1, 0.15) is 38.7 Å². The molecule has 0 saturated carbocycles. The average molecular weight is 329 g/mol. The molecule has 1 aromatic carbocycles. The van der Waals surface area contributed by atoms with E-state index in [-0.39, 0.29) is 0 Å². The molecule has 2 aliphatic heterocycles. The van der Waals surface area contributed by atoms with Gasteiger partial charge in [-0.25, -0.2) is 0 Å². The summed E-state index contributed by atoms with van der Waals surface area (Å²) in [6, 6.07) is 11.5. The van der Waals surface area contributed by atoms with Gasteiger partial charge >= 0.3 is 0 Å². The van der Waals surface area contributed by atoms with E-state index in [0.717, 1.165) is 45.6 Å². The third-order valence-electron chi connectivity index (χ3n) is 5.59. The highest BCUT2D eigenvalue weighted by molar-refractivity contribution is 5.79. The maximum atomic E-state index is 12.9. The molecule has 3 rings (SSSR count). The van der Waals surface area contributed by atoms with E-state index in [0.29, 0.717) is 24.5 Å². The molecule has 0 N–H and O–H groups in total. The van der Waals surface area contributed by atoms with E-state index in [1.807, 2.05) is 0 Å². The summed E-state index contributed by atoms with van der Waals surface area (Å²) in [5, 5.41) is 0. The number of likely N-dealkylation sites (tertiary alicyclic amines) is 1. The molecule has 2 aliphatic rings. The number of benzene rings is 1. The topological polar surface area (TPSA) is 26.8 Å². The van der Waals surface area contributed by atoms with Crippen molar-refractivity contribution >= 4 is 5.91 Å². The number of fused-ring (bicyclic) bond motifs is 2. The van der Waals surface area contributed by atoms with Crippen molar-refractivity contribution in [2.45, 2.75) is 51.7 Å². The minimum Gasteiger partial charge on any atom is -0.333 e. The molecule has 0 aliphatic carbocycles. The fourth-order valence-corrected chi connectivity index (χ4v) is 4.29. The lowest BCUT2D eigenvalue weighted by atomic mass is 9.90. The summed E-state index contributed by atoms with van der Waals surface area (Å²) in [6.45, 7) is 9.80. The van der Waals surface area contributed by atoms with E-state index in [1.165, 1.54) is 12.0 Å². The molecule has 24 heavy (non-hydrogen) atoms. The van der Waals surface area contributed by atoms with Crippen molar-refractivity contribution in [2.75, 3.05) is 32.7 Å². The van der Waals surface area contributed by atoms with Gasteiger partial charge in [0.05, 0.1) is 6.54 Å². The van der Waals surface area contributed by atoms with E-state index >= 15 is 0 Å². The number of carbonyl (C=O) groups excluding carboxylic acids is 1. The highest BCUT2D eigenvalue weighted by Gasteiger charge is 2.39. The second kappa shape index (κ2) is 8.13. The van der Waals surface area contributed by atoms with Crippen LogP contribution in [0.4, 0.5) is 0 Å². The van der Waals surface area contributed by atoms with Crippen LogP contribution in [0.2, 0.25) is 0 Å². The largest absolute Gasteiger partial charge is 0.333 e. The standard InChI is InChI=1S/C20H31N3O/c1-3-21(4-2)16-20(24)23-18-11-8-12-19(23)15-22(14-18)13-17-9-6-5-7-10-17/h5-7,9-10,18-19H,3-4,8,11-16H2,1-2H3. The number of hydrogen-bond acceptors (Lipinski definition) is 3. The van der Waals surface area contributed by atoms with Gasteiger partial charge in [-0.1, -0.05) is 44.2 Å². The fraction of sp³-hybridized carbons (Fsp3) is 0.650. The Balaban J connectivity index is 1.64. The molecule has 2 saturated heterocycles. The minimum absolute atomic E-state index is 0.341. The highest BCUT2D eigenvalue weighted by atomic mass is 16.2. The number of piperidine rings is 1. The molecule has 2 atom stereocenters. The van der Waals surface area contributed by atoms with Gasteiger partial charge in [-0.3, -0.25) is 14.6 Å². The van der Waals surface area contributed by atoms with Gasteiger partial charge in [-0.05, 0) is 37.9 Å². The first kappa shape index (κ1) is 17.4. The van der Waals surface area contributed by atoms with Gasteiger partial charge in [0.25, 0.3) is 0 Å². The fourth-order valence-electron chi connectivity index (χ4n) is 4.29. The van der Waals surface area contributed by atoms with Gasteiger partial charge < -0.3 is 4.90 Å². The second-order valence-corrected chi connectivity index (χ2v) is 7.18. The number of carbonyl (C=O) groups is 1. The predicted octanol–water partition coefficient (Wildman–Crippen LogP) is 2.59. The average Bonchev–Trinajstić information content (AvgIpc) is 2.59. The Morgan fingerprint density at radius 3 is 2.29 bits per heavy atom. The van der Waals surface area contributed by atoms with Gasteiger partial charge in [-0.2, -0.15) is 0 Å². The zero-order valence-electron chi connectivity index (χ0n) is 15.2. The summed E-state index contributed by atoms with van der Waals surface area (Å²) < 4.78 is 0. The molecular formula is C20H31N3O. The van der Waals surface area contributed by atoms with Gasteiger partial charge in [0.1, 0.15) is 0 Å². The highest BCUT2D eigenvalue weighted by Crippen LogP contribution is 2.29. The van der Waals surface area contributed by atoms with Crippen molar-refractivity contribution in [3.8, 4) is 0 Å². The first-order chi connectivity index (χ1) is 11.7.